The molecule has 0 aliphatic heterocycles. The third kappa shape index (κ3) is 1.70. The number of rotatable bonds is 1. The molecule has 0 heterocycles. The van der Waals surface area contributed by atoms with Crippen LogP contribution in [0.2, 0.25) is 0 Å². The van der Waals surface area contributed by atoms with E-state index < -0.39 is 0 Å². The van der Waals surface area contributed by atoms with E-state index in [1.165, 1.54) is 32.1 Å². The van der Waals surface area contributed by atoms with Gasteiger partial charge in [0.1, 0.15) is 0 Å². The van der Waals surface area contributed by atoms with Crippen LogP contribution < -0.4 is 0 Å². The zero-order chi connectivity index (χ0) is 6.69. The fraction of sp³-hybridized carbons (Fsp3) is 1.00. The van der Waals surface area contributed by atoms with Gasteiger partial charge in [-0.15, -0.1) is 0 Å². The summed E-state index contributed by atoms with van der Waals surface area (Å²) in [6, 6.07) is 0. The molecule has 0 N–H and O–H groups in total. The summed E-state index contributed by atoms with van der Waals surface area (Å²) in [4.78, 5) is 0. The van der Waals surface area contributed by atoms with Gasteiger partial charge in [-0.3, -0.25) is 0 Å². The largest absolute Gasteiger partial charge is 0.0651 e. The van der Waals surface area contributed by atoms with Crippen LogP contribution >= 0.6 is 0 Å². The van der Waals surface area contributed by atoms with Gasteiger partial charge in [0.15, 0.2) is 0 Å². The van der Waals surface area contributed by atoms with Gasteiger partial charge < -0.3 is 0 Å². The maximum Gasteiger partial charge on any atom is -0.0391 e. The van der Waals surface area contributed by atoms with Crippen molar-refractivity contribution >= 4 is 0 Å². The molecular formula is C9H18. The lowest BCUT2D eigenvalue weighted by Gasteiger charge is -2.27. The second-order valence-corrected chi connectivity index (χ2v) is 3.43. The van der Waals surface area contributed by atoms with Gasteiger partial charge in [-0.2, -0.15) is 0 Å². The maximum atomic E-state index is 2.41. The second kappa shape index (κ2) is 3.24. The van der Waals surface area contributed by atoms with Crippen molar-refractivity contribution in [2.45, 2.75) is 46.0 Å². The minimum Gasteiger partial charge on any atom is -0.0651 e. The van der Waals surface area contributed by atoms with Crippen molar-refractivity contribution in [3.63, 3.8) is 0 Å². The van der Waals surface area contributed by atoms with Crippen molar-refractivity contribution in [3.05, 3.63) is 0 Å². The molecule has 0 aromatic carbocycles. The summed E-state index contributed by atoms with van der Waals surface area (Å²) in [5.74, 6) is 2.07. The van der Waals surface area contributed by atoms with Gasteiger partial charge >= 0.3 is 0 Å². The van der Waals surface area contributed by atoms with Gasteiger partial charge in [0.25, 0.3) is 0 Å². The minimum absolute atomic E-state index is 1.02. The lowest BCUT2D eigenvalue weighted by Crippen LogP contribution is -2.15. The standard InChI is InChI=1S/C9H18/c1-3-9-7-5-4-6-8(9)2/h8-9H,3-7H2,1-2H3. The third-order valence-corrected chi connectivity index (χ3v) is 2.81. The Balaban J connectivity index is 2.30. The van der Waals surface area contributed by atoms with E-state index in [1.54, 1.807) is 0 Å². The monoisotopic (exact) mass is 126 g/mol. The van der Waals surface area contributed by atoms with E-state index >= 15 is 0 Å². The molecule has 0 amide bonds. The van der Waals surface area contributed by atoms with Gasteiger partial charge in [-0.05, 0) is 11.8 Å². The normalized spacial score (nSPS) is 36.7. The van der Waals surface area contributed by atoms with Crippen LogP contribution in [0.25, 0.3) is 0 Å². The first-order chi connectivity index (χ1) is 4.34. The minimum atomic E-state index is 1.02. The third-order valence-electron chi connectivity index (χ3n) is 2.81. The molecular weight excluding hydrogens is 108 g/mol. The average molecular weight is 126 g/mol. The van der Waals surface area contributed by atoms with Crippen molar-refractivity contribution in [2.75, 3.05) is 0 Å². The molecule has 0 bridgehead atoms. The van der Waals surface area contributed by atoms with Crippen molar-refractivity contribution in [2.24, 2.45) is 11.8 Å². The molecule has 9 heavy (non-hydrogen) atoms. The van der Waals surface area contributed by atoms with Crippen molar-refractivity contribution < 1.29 is 0 Å². The van der Waals surface area contributed by atoms with Crippen LogP contribution in [0.15, 0.2) is 0 Å². The highest BCUT2D eigenvalue weighted by atomic mass is 14.2. The SMILES string of the molecule is CCC1CCCCC1C. The van der Waals surface area contributed by atoms with Gasteiger partial charge in [-0.1, -0.05) is 46.0 Å². The molecule has 2 atom stereocenters. The molecule has 54 valence electrons. The Hall–Kier alpha value is 0. The van der Waals surface area contributed by atoms with E-state index in [4.69, 9.17) is 0 Å². The average Bonchev–Trinajstić information content (AvgIpc) is 1.89. The number of hydrogen-bond donors (Lipinski definition) is 0. The summed E-state index contributed by atoms with van der Waals surface area (Å²) in [6.07, 6.45) is 7.36. The Bertz CT molecular complexity index is 76.1. The first-order valence-corrected chi connectivity index (χ1v) is 4.34. The molecule has 0 nitrogen and oxygen atoms in total. The smallest absolute Gasteiger partial charge is 0.0391 e. The maximum absolute atomic E-state index is 2.41. The molecule has 0 saturated heterocycles. The van der Waals surface area contributed by atoms with E-state index in [0.29, 0.717) is 0 Å². The summed E-state index contributed by atoms with van der Waals surface area (Å²) in [5, 5.41) is 0. The van der Waals surface area contributed by atoms with Gasteiger partial charge in [0, 0.05) is 0 Å². The molecule has 1 rings (SSSR count). The van der Waals surface area contributed by atoms with Crippen LogP contribution in [0.4, 0.5) is 0 Å². The predicted octanol–water partition coefficient (Wildman–Crippen LogP) is 3.22. The second-order valence-electron chi connectivity index (χ2n) is 3.43. The Labute approximate surface area is 58.7 Å². The van der Waals surface area contributed by atoms with Crippen LogP contribution in [-0.2, 0) is 0 Å². The summed E-state index contributed by atoms with van der Waals surface area (Å²) in [7, 11) is 0. The molecule has 0 spiro atoms. The molecule has 0 heteroatoms. The van der Waals surface area contributed by atoms with E-state index in [-0.39, 0.29) is 0 Å². The van der Waals surface area contributed by atoms with Crippen LogP contribution in [0, 0.1) is 11.8 Å². The summed E-state index contributed by atoms with van der Waals surface area (Å²) >= 11 is 0. The van der Waals surface area contributed by atoms with Crippen LogP contribution in [0.1, 0.15) is 46.0 Å². The Kier molecular flexibility index (Phi) is 2.56. The van der Waals surface area contributed by atoms with Gasteiger partial charge in [-0.25, -0.2) is 0 Å². The van der Waals surface area contributed by atoms with Crippen molar-refractivity contribution in [3.8, 4) is 0 Å². The molecule has 0 radical (unpaired) electrons. The summed E-state index contributed by atoms with van der Waals surface area (Å²) in [6.45, 7) is 4.74. The number of hydrogen-bond acceptors (Lipinski definition) is 0. The quantitative estimate of drug-likeness (QED) is 0.506. The zero-order valence-electron chi connectivity index (χ0n) is 6.69. The molecule has 2 unspecified atom stereocenters. The highest BCUT2D eigenvalue weighted by Crippen LogP contribution is 2.31. The zero-order valence-corrected chi connectivity index (χ0v) is 6.69. The molecule has 1 fully saturated rings. The van der Waals surface area contributed by atoms with Crippen molar-refractivity contribution in [1.29, 1.82) is 0 Å². The summed E-state index contributed by atoms with van der Waals surface area (Å²) in [5.41, 5.74) is 0. The molecule has 1 saturated carbocycles. The van der Waals surface area contributed by atoms with E-state index in [2.05, 4.69) is 13.8 Å². The predicted molar refractivity (Wildman–Crippen MR) is 41.4 cm³/mol. The fourth-order valence-corrected chi connectivity index (χ4v) is 2.00. The molecule has 0 aromatic rings. The van der Waals surface area contributed by atoms with Gasteiger partial charge in [0.05, 0.1) is 0 Å². The highest BCUT2D eigenvalue weighted by Gasteiger charge is 2.18. The lowest BCUT2D eigenvalue weighted by molar-refractivity contribution is 0.249. The Morgan fingerprint density at radius 2 is 1.89 bits per heavy atom. The lowest BCUT2D eigenvalue weighted by atomic mass is 9.79. The first kappa shape index (κ1) is 7.11. The molecule has 1 aliphatic rings. The Morgan fingerprint density at radius 3 is 2.33 bits per heavy atom. The fourth-order valence-electron chi connectivity index (χ4n) is 2.00. The van der Waals surface area contributed by atoms with E-state index in [0.717, 1.165) is 11.8 Å². The van der Waals surface area contributed by atoms with E-state index in [9.17, 15) is 0 Å². The molecule has 1 aliphatic carbocycles. The first-order valence-electron chi connectivity index (χ1n) is 4.34. The van der Waals surface area contributed by atoms with Gasteiger partial charge in [0.2, 0.25) is 0 Å². The summed E-state index contributed by atoms with van der Waals surface area (Å²) < 4.78 is 0. The van der Waals surface area contributed by atoms with Crippen LogP contribution in [-0.4, -0.2) is 0 Å². The topological polar surface area (TPSA) is 0 Å². The van der Waals surface area contributed by atoms with Crippen LogP contribution in [0.3, 0.4) is 0 Å². The van der Waals surface area contributed by atoms with Crippen LogP contribution in [0.5, 0.6) is 0 Å². The van der Waals surface area contributed by atoms with E-state index in [1.807, 2.05) is 0 Å². The van der Waals surface area contributed by atoms with Crippen molar-refractivity contribution in [1.82, 2.24) is 0 Å². The Morgan fingerprint density at radius 1 is 1.22 bits per heavy atom. The highest BCUT2D eigenvalue weighted by molar-refractivity contribution is 4.70. The molecule has 0 aromatic heterocycles.